The number of nitrogens with zero attached hydrogens (tertiary/aromatic N) is 4. The number of piperazine rings is 1. The van der Waals surface area contributed by atoms with Crippen molar-refractivity contribution in [3.05, 3.63) is 77.3 Å². The average molecular weight is 574 g/mol. The highest BCUT2D eigenvalue weighted by molar-refractivity contribution is 5.97. The third kappa shape index (κ3) is 5.92. The van der Waals surface area contributed by atoms with E-state index in [4.69, 9.17) is 9.05 Å². The topological polar surface area (TPSA) is 137 Å². The summed E-state index contributed by atoms with van der Waals surface area (Å²) in [6, 6.07) is 8.26. The van der Waals surface area contributed by atoms with Gasteiger partial charge in [0.15, 0.2) is 29.0 Å². The lowest BCUT2D eigenvalue weighted by Gasteiger charge is -2.36. The van der Waals surface area contributed by atoms with E-state index in [1.807, 2.05) is 0 Å². The van der Waals surface area contributed by atoms with Crippen molar-refractivity contribution in [2.45, 2.75) is 6.54 Å². The largest absolute Gasteiger partial charge is 0.503 e. The number of aromatic nitrogens is 2. The smallest absolute Gasteiger partial charge is 0.254 e. The van der Waals surface area contributed by atoms with Crippen LogP contribution in [0.15, 0.2) is 51.7 Å². The fourth-order valence-electron chi connectivity index (χ4n) is 4.25. The summed E-state index contributed by atoms with van der Waals surface area (Å²) >= 11 is 0. The molecule has 0 atom stereocenters. The van der Waals surface area contributed by atoms with Gasteiger partial charge in [-0.05, 0) is 18.2 Å². The van der Waals surface area contributed by atoms with Gasteiger partial charge in [-0.15, -0.1) is 0 Å². The lowest BCUT2D eigenvalue weighted by molar-refractivity contribution is -0.130. The van der Waals surface area contributed by atoms with Crippen LogP contribution in [0, 0.1) is 23.3 Å². The van der Waals surface area contributed by atoms with E-state index >= 15 is 4.39 Å². The first-order chi connectivity index (χ1) is 19.7. The van der Waals surface area contributed by atoms with Crippen molar-refractivity contribution in [2.24, 2.45) is 0 Å². The lowest BCUT2D eigenvalue weighted by Crippen LogP contribution is -2.51. The number of anilines is 2. The van der Waals surface area contributed by atoms with E-state index in [-0.39, 0.29) is 13.1 Å². The molecule has 1 fully saturated rings. The zero-order valence-electron chi connectivity index (χ0n) is 21.2. The Kier molecular flexibility index (Phi) is 7.76. The zero-order chi connectivity index (χ0) is 29.1. The van der Waals surface area contributed by atoms with Crippen LogP contribution in [0.5, 0.6) is 5.75 Å². The molecule has 3 heterocycles. The number of hydrogen-bond acceptors (Lipinski definition) is 9. The lowest BCUT2D eigenvalue weighted by atomic mass is 10.1. The fourth-order valence-corrected chi connectivity index (χ4v) is 4.25. The number of rotatable bonds is 8. The molecule has 15 heteroatoms. The highest BCUT2D eigenvalue weighted by Gasteiger charge is 2.26. The molecule has 5 rings (SSSR count). The van der Waals surface area contributed by atoms with Crippen LogP contribution in [0.25, 0.3) is 11.3 Å². The first kappa shape index (κ1) is 27.5. The third-order valence-corrected chi connectivity index (χ3v) is 6.43. The molecule has 4 aromatic rings. The van der Waals surface area contributed by atoms with E-state index in [2.05, 4.69) is 20.9 Å². The number of nitrogens with one attached hydrogen (secondary N) is 2. The van der Waals surface area contributed by atoms with Gasteiger partial charge in [0.05, 0.1) is 24.3 Å². The number of carbonyl (C=O) groups is 2. The second-order valence-corrected chi connectivity index (χ2v) is 9.02. The Balaban J connectivity index is 1.13. The Morgan fingerprint density at radius 1 is 0.951 bits per heavy atom. The van der Waals surface area contributed by atoms with Gasteiger partial charge in [-0.3, -0.25) is 9.59 Å². The van der Waals surface area contributed by atoms with Crippen molar-refractivity contribution in [1.29, 1.82) is 0 Å². The number of aromatic hydroxyl groups is 1. The highest BCUT2D eigenvalue weighted by Crippen LogP contribution is 2.28. The minimum Gasteiger partial charge on any atom is -0.503 e. The molecule has 3 N–H and O–H groups in total. The van der Waals surface area contributed by atoms with Crippen molar-refractivity contribution < 1.29 is 41.3 Å². The second-order valence-electron chi connectivity index (χ2n) is 9.02. The second kappa shape index (κ2) is 11.6. The molecule has 0 bridgehead atoms. The SMILES string of the molecule is O=C(NCC(=O)N1CCN(c2ccc(-c3cc(CNc4ccon4)on3)cc2F)CC1)c1cc(F)c(F)c(O)c1F. The fraction of sp³-hybridized carbons (Fsp3) is 0.231. The molecule has 11 nitrogen and oxygen atoms in total. The summed E-state index contributed by atoms with van der Waals surface area (Å²) in [4.78, 5) is 27.9. The summed E-state index contributed by atoms with van der Waals surface area (Å²) in [7, 11) is 0. The number of benzene rings is 2. The van der Waals surface area contributed by atoms with Gasteiger partial charge in [0, 0.05) is 43.9 Å². The summed E-state index contributed by atoms with van der Waals surface area (Å²) in [6.45, 7) is 0.766. The highest BCUT2D eigenvalue weighted by atomic mass is 19.2. The number of amides is 2. The van der Waals surface area contributed by atoms with E-state index in [1.165, 1.54) is 17.2 Å². The zero-order valence-corrected chi connectivity index (χ0v) is 21.2. The van der Waals surface area contributed by atoms with Crippen LogP contribution in [-0.4, -0.2) is 64.9 Å². The molecule has 41 heavy (non-hydrogen) atoms. The van der Waals surface area contributed by atoms with Crippen LogP contribution in [0.3, 0.4) is 0 Å². The molecule has 2 amide bonds. The van der Waals surface area contributed by atoms with Crippen LogP contribution >= 0.6 is 0 Å². The third-order valence-electron chi connectivity index (χ3n) is 6.43. The van der Waals surface area contributed by atoms with E-state index in [1.54, 1.807) is 29.2 Å². The monoisotopic (exact) mass is 574 g/mol. The van der Waals surface area contributed by atoms with Crippen molar-refractivity contribution in [2.75, 3.05) is 42.9 Å². The molecule has 1 aliphatic rings. The van der Waals surface area contributed by atoms with Crippen LogP contribution in [-0.2, 0) is 11.3 Å². The first-order valence-electron chi connectivity index (χ1n) is 12.3. The van der Waals surface area contributed by atoms with Crippen molar-refractivity contribution in [1.82, 2.24) is 20.5 Å². The van der Waals surface area contributed by atoms with Gasteiger partial charge in [-0.1, -0.05) is 16.4 Å². The predicted octanol–water partition coefficient (Wildman–Crippen LogP) is 3.28. The Bertz CT molecular complexity index is 1570. The minimum absolute atomic E-state index is 0.210. The quantitative estimate of drug-likeness (QED) is 0.214. The Morgan fingerprint density at radius 2 is 1.73 bits per heavy atom. The number of hydrogen-bond donors (Lipinski definition) is 3. The molecule has 0 unspecified atom stereocenters. The Morgan fingerprint density at radius 3 is 2.44 bits per heavy atom. The summed E-state index contributed by atoms with van der Waals surface area (Å²) in [6.07, 6.45) is 1.43. The number of halogens is 4. The predicted molar refractivity (Wildman–Crippen MR) is 135 cm³/mol. The maximum Gasteiger partial charge on any atom is 0.254 e. The molecular formula is C26H22F4N6O5. The molecular weight excluding hydrogens is 552 g/mol. The maximum atomic E-state index is 15.0. The standard InChI is InChI=1S/C26H22F4N6O5/c27-17-9-14(19-10-15(41-33-19)12-31-21-3-8-40-34-21)1-2-20(17)35-4-6-36(7-5-35)22(37)13-32-26(39)16-11-18(28)24(30)25(38)23(16)29/h1-3,8-11,38H,4-7,12-13H2,(H,31,34)(H,32,39). The summed E-state index contributed by atoms with van der Waals surface area (Å²) in [5.74, 6) is -7.85. The van der Waals surface area contributed by atoms with E-state index < -0.39 is 52.9 Å². The van der Waals surface area contributed by atoms with E-state index in [0.29, 0.717) is 54.2 Å². The van der Waals surface area contributed by atoms with Gasteiger partial charge < -0.3 is 34.6 Å². The molecule has 0 spiro atoms. The van der Waals surface area contributed by atoms with Crippen molar-refractivity contribution in [3.63, 3.8) is 0 Å². The first-order valence-corrected chi connectivity index (χ1v) is 12.3. The van der Waals surface area contributed by atoms with Gasteiger partial charge in [-0.2, -0.15) is 4.39 Å². The molecule has 2 aromatic carbocycles. The average Bonchev–Trinajstić information content (AvgIpc) is 3.68. The maximum absolute atomic E-state index is 15.0. The minimum atomic E-state index is -1.82. The summed E-state index contributed by atoms with van der Waals surface area (Å²) in [5.41, 5.74) is 0.351. The molecule has 1 aliphatic heterocycles. The summed E-state index contributed by atoms with van der Waals surface area (Å²) < 4.78 is 65.7. The van der Waals surface area contributed by atoms with Crippen LogP contribution in [0.1, 0.15) is 16.1 Å². The van der Waals surface area contributed by atoms with E-state index in [9.17, 15) is 27.9 Å². The number of phenols is 1. The Labute approximate surface area is 229 Å². The van der Waals surface area contributed by atoms with Gasteiger partial charge in [-0.25, -0.2) is 13.2 Å². The normalized spacial score (nSPS) is 13.4. The number of carbonyl (C=O) groups excluding carboxylic acids is 2. The number of phenolic OH excluding ortho intramolecular Hbond substituents is 1. The van der Waals surface area contributed by atoms with Crippen LogP contribution in [0.2, 0.25) is 0 Å². The van der Waals surface area contributed by atoms with Crippen molar-refractivity contribution in [3.8, 4) is 17.0 Å². The molecule has 2 aromatic heterocycles. The van der Waals surface area contributed by atoms with E-state index in [0.717, 1.165) is 0 Å². The van der Waals surface area contributed by atoms with Crippen molar-refractivity contribution >= 4 is 23.3 Å². The van der Waals surface area contributed by atoms with Gasteiger partial charge in [0.2, 0.25) is 11.7 Å². The van der Waals surface area contributed by atoms with Crippen LogP contribution < -0.4 is 15.5 Å². The Hall–Kier alpha value is -5.08. The molecule has 214 valence electrons. The molecule has 0 aliphatic carbocycles. The van der Waals surface area contributed by atoms with Gasteiger partial charge in [0.25, 0.3) is 5.91 Å². The summed E-state index contributed by atoms with van der Waals surface area (Å²) in [5, 5.41) is 22.1. The molecule has 1 saturated heterocycles. The van der Waals surface area contributed by atoms with Gasteiger partial charge >= 0.3 is 0 Å². The molecule has 0 saturated carbocycles. The van der Waals surface area contributed by atoms with Gasteiger partial charge in [0.1, 0.15) is 17.8 Å². The molecule has 0 radical (unpaired) electrons. The van der Waals surface area contributed by atoms with Crippen LogP contribution in [0.4, 0.5) is 29.1 Å².